The van der Waals surface area contributed by atoms with E-state index in [2.05, 4.69) is 0 Å². The van der Waals surface area contributed by atoms with Gasteiger partial charge in [-0.15, -0.1) is 0 Å². The molecule has 0 saturated carbocycles. The van der Waals surface area contributed by atoms with Crippen LogP contribution >= 0.6 is 0 Å². The summed E-state index contributed by atoms with van der Waals surface area (Å²) in [7, 11) is 0. The van der Waals surface area contributed by atoms with Gasteiger partial charge < -0.3 is 9.64 Å². The van der Waals surface area contributed by atoms with E-state index in [1.165, 1.54) is 0 Å². The second-order valence-electron chi connectivity index (χ2n) is 4.74. The smallest absolute Gasteiger partial charge is 0.310 e. The van der Waals surface area contributed by atoms with Gasteiger partial charge in [0, 0.05) is 13.1 Å². The Balaban J connectivity index is 1.87. The van der Waals surface area contributed by atoms with Crippen molar-refractivity contribution in [2.24, 2.45) is 5.92 Å². The molecule has 1 unspecified atom stereocenters. The Bertz CT molecular complexity index is 444. The number of carbonyl (C=O) groups is 2. The molecule has 1 aliphatic heterocycles. The number of likely N-dealkylation sites (tertiary alicyclic amines) is 1. The Morgan fingerprint density at radius 3 is 2.74 bits per heavy atom. The molecule has 0 bridgehead atoms. The molecule has 19 heavy (non-hydrogen) atoms. The molecule has 0 aromatic heterocycles. The van der Waals surface area contributed by atoms with Gasteiger partial charge in [0.1, 0.15) is 0 Å². The van der Waals surface area contributed by atoms with Crippen LogP contribution in [0.5, 0.6) is 0 Å². The van der Waals surface area contributed by atoms with E-state index in [9.17, 15) is 9.59 Å². The molecule has 1 amide bonds. The van der Waals surface area contributed by atoms with E-state index in [4.69, 9.17) is 4.74 Å². The molecule has 2 rings (SSSR count). The highest BCUT2D eigenvalue weighted by molar-refractivity contribution is 5.81. The highest BCUT2D eigenvalue weighted by Gasteiger charge is 2.31. The van der Waals surface area contributed by atoms with Crippen LogP contribution in [0.15, 0.2) is 30.3 Å². The normalized spacial score (nSPS) is 18.4. The first-order chi connectivity index (χ1) is 9.20. The third-order valence-corrected chi connectivity index (χ3v) is 3.36. The molecule has 1 heterocycles. The summed E-state index contributed by atoms with van der Waals surface area (Å²) in [5, 5.41) is 0. The van der Waals surface area contributed by atoms with Gasteiger partial charge in [0.25, 0.3) is 0 Å². The zero-order valence-electron chi connectivity index (χ0n) is 11.2. The second kappa shape index (κ2) is 6.36. The van der Waals surface area contributed by atoms with Crippen molar-refractivity contribution < 1.29 is 14.3 Å². The minimum absolute atomic E-state index is 0.0815. The van der Waals surface area contributed by atoms with E-state index in [1.54, 1.807) is 11.8 Å². The Morgan fingerprint density at radius 2 is 2.05 bits per heavy atom. The predicted octanol–water partition coefficient (Wildman–Crippen LogP) is 1.64. The molecule has 0 spiro atoms. The second-order valence-corrected chi connectivity index (χ2v) is 4.74. The van der Waals surface area contributed by atoms with Crippen molar-refractivity contribution in [2.75, 3.05) is 19.7 Å². The van der Waals surface area contributed by atoms with Crippen LogP contribution in [0.3, 0.4) is 0 Å². The van der Waals surface area contributed by atoms with Crippen molar-refractivity contribution in [1.82, 2.24) is 4.90 Å². The zero-order valence-corrected chi connectivity index (χ0v) is 11.2. The number of nitrogens with zero attached hydrogens (tertiary/aromatic N) is 1. The fourth-order valence-electron chi connectivity index (χ4n) is 2.32. The van der Waals surface area contributed by atoms with Crippen LogP contribution in [0.2, 0.25) is 0 Å². The van der Waals surface area contributed by atoms with Gasteiger partial charge in [0.2, 0.25) is 5.91 Å². The minimum atomic E-state index is -0.183. The first kappa shape index (κ1) is 13.6. The Hall–Kier alpha value is -1.84. The van der Waals surface area contributed by atoms with Crippen molar-refractivity contribution in [3.63, 3.8) is 0 Å². The summed E-state index contributed by atoms with van der Waals surface area (Å²) >= 11 is 0. The average Bonchev–Trinajstić information content (AvgIpc) is 2.90. The van der Waals surface area contributed by atoms with Crippen molar-refractivity contribution in [3.8, 4) is 0 Å². The van der Waals surface area contributed by atoms with E-state index in [0.29, 0.717) is 32.5 Å². The average molecular weight is 261 g/mol. The van der Waals surface area contributed by atoms with Gasteiger partial charge in [-0.05, 0) is 18.9 Å². The lowest BCUT2D eigenvalue weighted by Crippen LogP contribution is -2.31. The lowest BCUT2D eigenvalue weighted by Gasteiger charge is -2.16. The number of hydrogen-bond acceptors (Lipinski definition) is 3. The molecule has 4 nitrogen and oxygen atoms in total. The number of hydrogen-bond donors (Lipinski definition) is 0. The molecule has 0 N–H and O–H groups in total. The summed E-state index contributed by atoms with van der Waals surface area (Å²) in [6, 6.07) is 9.66. The van der Waals surface area contributed by atoms with Crippen molar-refractivity contribution >= 4 is 11.9 Å². The van der Waals surface area contributed by atoms with E-state index in [0.717, 1.165) is 5.56 Å². The predicted molar refractivity (Wildman–Crippen MR) is 71.5 cm³/mol. The molecular formula is C15H19NO3. The summed E-state index contributed by atoms with van der Waals surface area (Å²) < 4.78 is 5.00. The van der Waals surface area contributed by atoms with Gasteiger partial charge in [-0.25, -0.2) is 0 Å². The van der Waals surface area contributed by atoms with Crippen LogP contribution in [0, 0.1) is 5.92 Å². The highest BCUT2D eigenvalue weighted by Crippen LogP contribution is 2.18. The molecule has 1 saturated heterocycles. The first-order valence-corrected chi connectivity index (χ1v) is 6.69. The molecule has 102 valence electrons. The highest BCUT2D eigenvalue weighted by atomic mass is 16.5. The number of rotatable bonds is 4. The van der Waals surface area contributed by atoms with E-state index >= 15 is 0 Å². The number of amides is 1. The molecule has 1 aliphatic rings. The minimum Gasteiger partial charge on any atom is -0.466 e. The van der Waals surface area contributed by atoms with Gasteiger partial charge in [-0.1, -0.05) is 30.3 Å². The Kier molecular flexibility index (Phi) is 4.55. The standard InChI is InChI=1S/C15H19NO3/c1-2-19-15(18)13-8-9-16(11-13)14(17)10-12-6-4-3-5-7-12/h3-7,13H,2,8-11H2,1H3. The van der Waals surface area contributed by atoms with Crippen LogP contribution < -0.4 is 0 Å². The molecule has 0 aliphatic carbocycles. The van der Waals surface area contributed by atoms with E-state index in [1.807, 2.05) is 30.3 Å². The zero-order chi connectivity index (χ0) is 13.7. The number of ether oxygens (including phenoxy) is 1. The van der Waals surface area contributed by atoms with Crippen LogP contribution in [0.1, 0.15) is 18.9 Å². The summed E-state index contributed by atoms with van der Waals surface area (Å²) in [4.78, 5) is 25.5. The molecule has 1 atom stereocenters. The number of benzene rings is 1. The van der Waals surface area contributed by atoms with Gasteiger partial charge in [0.05, 0.1) is 18.9 Å². The topological polar surface area (TPSA) is 46.6 Å². The van der Waals surface area contributed by atoms with Gasteiger partial charge in [-0.3, -0.25) is 9.59 Å². The molecular weight excluding hydrogens is 242 g/mol. The monoisotopic (exact) mass is 261 g/mol. The molecule has 0 radical (unpaired) electrons. The summed E-state index contributed by atoms with van der Waals surface area (Å²) in [6.45, 7) is 3.33. The molecule has 1 aromatic carbocycles. The van der Waals surface area contributed by atoms with E-state index < -0.39 is 0 Å². The van der Waals surface area contributed by atoms with Crippen molar-refractivity contribution in [2.45, 2.75) is 19.8 Å². The fraction of sp³-hybridized carbons (Fsp3) is 0.467. The molecule has 4 heteroatoms. The van der Waals surface area contributed by atoms with Gasteiger partial charge in [-0.2, -0.15) is 0 Å². The quantitative estimate of drug-likeness (QED) is 0.774. The lowest BCUT2D eigenvalue weighted by molar-refractivity contribution is -0.147. The maximum absolute atomic E-state index is 12.1. The Labute approximate surface area is 113 Å². The first-order valence-electron chi connectivity index (χ1n) is 6.69. The molecule has 1 aromatic rings. The van der Waals surface area contributed by atoms with Gasteiger partial charge in [0.15, 0.2) is 0 Å². The SMILES string of the molecule is CCOC(=O)C1CCN(C(=O)Cc2ccccc2)C1. The third kappa shape index (κ3) is 3.56. The summed E-state index contributed by atoms with van der Waals surface area (Å²) in [5.41, 5.74) is 1.01. The van der Waals surface area contributed by atoms with Crippen LogP contribution in [0.25, 0.3) is 0 Å². The van der Waals surface area contributed by atoms with Crippen LogP contribution in [-0.4, -0.2) is 36.5 Å². The largest absolute Gasteiger partial charge is 0.466 e. The number of carbonyl (C=O) groups excluding carboxylic acids is 2. The van der Waals surface area contributed by atoms with Gasteiger partial charge >= 0.3 is 5.97 Å². The lowest BCUT2D eigenvalue weighted by atomic mass is 10.1. The Morgan fingerprint density at radius 1 is 1.32 bits per heavy atom. The van der Waals surface area contributed by atoms with Crippen LogP contribution in [0.4, 0.5) is 0 Å². The maximum atomic E-state index is 12.1. The third-order valence-electron chi connectivity index (χ3n) is 3.36. The fourth-order valence-corrected chi connectivity index (χ4v) is 2.32. The molecule has 1 fully saturated rings. The van der Waals surface area contributed by atoms with Crippen molar-refractivity contribution in [3.05, 3.63) is 35.9 Å². The summed E-state index contributed by atoms with van der Waals surface area (Å²) in [5.74, 6) is -0.254. The van der Waals surface area contributed by atoms with E-state index in [-0.39, 0.29) is 17.8 Å². The van der Waals surface area contributed by atoms with Crippen LogP contribution in [-0.2, 0) is 20.7 Å². The summed E-state index contributed by atoms with van der Waals surface area (Å²) in [6.07, 6.45) is 1.11. The maximum Gasteiger partial charge on any atom is 0.310 e. The van der Waals surface area contributed by atoms with Crippen molar-refractivity contribution in [1.29, 1.82) is 0 Å². The number of esters is 1.